The van der Waals surface area contributed by atoms with E-state index in [-0.39, 0.29) is 11.4 Å². The lowest BCUT2D eigenvalue weighted by atomic mass is 10.1. The van der Waals surface area contributed by atoms with Gasteiger partial charge in [-0.05, 0) is 51.3 Å². The molecule has 0 heterocycles. The molecule has 0 aliphatic heterocycles. The average molecular weight is 290 g/mol. The van der Waals surface area contributed by atoms with Crippen LogP contribution in [0.1, 0.15) is 58.9 Å². The first-order valence-corrected chi connectivity index (χ1v) is 8.04. The summed E-state index contributed by atoms with van der Waals surface area (Å²) in [5.41, 5.74) is 2.28. The van der Waals surface area contributed by atoms with E-state index < -0.39 is 0 Å². The highest BCUT2D eigenvalue weighted by Crippen LogP contribution is 2.12. The Morgan fingerprint density at radius 2 is 1.76 bits per heavy atom. The third kappa shape index (κ3) is 8.51. The Morgan fingerprint density at radius 1 is 1.10 bits per heavy atom. The third-order valence-electron chi connectivity index (χ3n) is 3.31. The summed E-state index contributed by atoms with van der Waals surface area (Å²) in [5.74, 6) is 0.0606. The van der Waals surface area contributed by atoms with Gasteiger partial charge in [0.25, 0.3) is 0 Å². The molecule has 0 aliphatic rings. The number of hydrogen-bond donors (Lipinski definition) is 2. The van der Waals surface area contributed by atoms with E-state index in [9.17, 15) is 4.79 Å². The van der Waals surface area contributed by atoms with Crippen molar-refractivity contribution in [3.8, 4) is 0 Å². The lowest BCUT2D eigenvalue weighted by Crippen LogP contribution is -2.37. The van der Waals surface area contributed by atoms with Crippen LogP contribution < -0.4 is 10.6 Å². The van der Waals surface area contributed by atoms with E-state index in [1.807, 2.05) is 12.1 Å². The van der Waals surface area contributed by atoms with Gasteiger partial charge in [0.15, 0.2) is 0 Å². The molecule has 1 aromatic carbocycles. The van der Waals surface area contributed by atoms with Crippen LogP contribution in [-0.4, -0.2) is 18.0 Å². The molecule has 0 radical (unpaired) electrons. The second-order valence-electron chi connectivity index (χ2n) is 6.63. The maximum atomic E-state index is 11.8. The van der Waals surface area contributed by atoms with Gasteiger partial charge in [0.05, 0.1) is 0 Å². The number of amides is 1. The maximum absolute atomic E-state index is 11.8. The average Bonchev–Trinajstić information content (AvgIpc) is 2.39. The van der Waals surface area contributed by atoms with Crippen LogP contribution in [0.15, 0.2) is 24.3 Å². The normalized spacial score (nSPS) is 11.4. The standard InChI is InChI=1S/C18H30N2O/c1-5-6-7-8-15-9-11-16(12-10-15)20-17(21)13-14-19-18(2,3)4/h9-12,19H,5-8,13-14H2,1-4H3,(H,20,21). The quantitative estimate of drug-likeness (QED) is 0.707. The monoisotopic (exact) mass is 290 g/mol. The van der Waals surface area contributed by atoms with Crippen molar-refractivity contribution in [1.82, 2.24) is 5.32 Å². The summed E-state index contributed by atoms with van der Waals surface area (Å²) in [5, 5.41) is 6.26. The van der Waals surface area contributed by atoms with Crippen molar-refractivity contribution >= 4 is 11.6 Å². The Bertz CT molecular complexity index is 418. The van der Waals surface area contributed by atoms with Crippen molar-refractivity contribution in [2.45, 2.75) is 65.3 Å². The van der Waals surface area contributed by atoms with E-state index in [2.05, 4.69) is 50.5 Å². The minimum atomic E-state index is 0.0560. The number of rotatable bonds is 8. The van der Waals surface area contributed by atoms with Crippen LogP contribution in [0, 0.1) is 0 Å². The topological polar surface area (TPSA) is 41.1 Å². The Kier molecular flexibility index (Phi) is 7.44. The van der Waals surface area contributed by atoms with Crippen molar-refractivity contribution < 1.29 is 4.79 Å². The number of nitrogens with one attached hydrogen (secondary N) is 2. The second kappa shape index (κ2) is 8.83. The number of aryl methyl sites for hydroxylation is 1. The van der Waals surface area contributed by atoms with Gasteiger partial charge in [0.2, 0.25) is 5.91 Å². The van der Waals surface area contributed by atoms with Crippen molar-refractivity contribution in [1.29, 1.82) is 0 Å². The van der Waals surface area contributed by atoms with Gasteiger partial charge in [-0.3, -0.25) is 4.79 Å². The molecule has 3 nitrogen and oxygen atoms in total. The molecule has 0 aromatic heterocycles. The minimum absolute atomic E-state index is 0.0560. The molecule has 0 fully saturated rings. The number of carbonyl (C=O) groups excluding carboxylic acids is 1. The van der Waals surface area contributed by atoms with Gasteiger partial charge in [-0.1, -0.05) is 31.9 Å². The van der Waals surface area contributed by atoms with E-state index in [0.717, 1.165) is 12.1 Å². The highest BCUT2D eigenvalue weighted by Gasteiger charge is 2.09. The largest absolute Gasteiger partial charge is 0.326 e. The number of benzene rings is 1. The van der Waals surface area contributed by atoms with Crippen molar-refractivity contribution in [3.05, 3.63) is 29.8 Å². The van der Waals surface area contributed by atoms with Crippen LogP contribution in [0.4, 0.5) is 5.69 Å². The zero-order chi connectivity index (χ0) is 15.7. The molecule has 2 N–H and O–H groups in total. The number of hydrogen-bond acceptors (Lipinski definition) is 2. The van der Waals surface area contributed by atoms with Crippen LogP contribution in [0.5, 0.6) is 0 Å². The van der Waals surface area contributed by atoms with Crippen LogP contribution >= 0.6 is 0 Å². The highest BCUT2D eigenvalue weighted by atomic mass is 16.1. The molecule has 0 aliphatic carbocycles. The first-order chi connectivity index (χ1) is 9.90. The fraction of sp³-hybridized carbons (Fsp3) is 0.611. The number of anilines is 1. The van der Waals surface area contributed by atoms with Crippen LogP contribution in [0.25, 0.3) is 0 Å². The summed E-state index contributed by atoms with van der Waals surface area (Å²) in [6.45, 7) is 9.21. The van der Waals surface area contributed by atoms with Crippen molar-refractivity contribution in [3.63, 3.8) is 0 Å². The van der Waals surface area contributed by atoms with E-state index in [0.29, 0.717) is 13.0 Å². The molecule has 0 spiro atoms. The van der Waals surface area contributed by atoms with Crippen LogP contribution in [-0.2, 0) is 11.2 Å². The predicted octanol–water partition coefficient (Wildman–Crippen LogP) is 4.14. The smallest absolute Gasteiger partial charge is 0.225 e. The van der Waals surface area contributed by atoms with E-state index >= 15 is 0 Å². The molecule has 1 amide bonds. The van der Waals surface area contributed by atoms with Gasteiger partial charge in [-0.25, -0.2) is 0 Å². The molecule has 1 aromatic rings. The SMILES string of the molecule is CCCCCc1ccc(NC(=O)CCNC(C)(C)C)cc1. The molecular weight excluding hydrogens is 260 g/mol. The lowest BCUT2D eigenvalue weighted by Gasteiger charge is -2.20. The molecular formula is C18H30N2O. The fourth-order valence-electron chi connectivity index (χ4n) is 2.11. The molecule has 1 rings (SSSR count). The number of carbonyl (C=O) groups is 1. The van der Waals surface area contributed by atoms with E-state index in [4.69, 9.17) is 0 Å². The highest BCUT2D eigenvalue weighted by molar-refractivity contribution is 5.90. The Morgan fingerprint density at radius 3 is 2.33 bits per heavy atom. The summed E-state index contributed by atoms with van der Waals surface area (Å²) < 4.78 is 0. The van der Waals surface area contributed by atoms with Gasteiger partial charge in [0.1, 0.15) is 0 Å². The minimum Gasteiger partial charge on any atom is -0.326 e. The summed E-state index contributed by atoms with van der Waals surface area (Å²) in [7, 11) is 0. The Hall–Kier alpha value is -1.35. The third-order valence-corrected chi connectivity index (χ3v) is 3.31. The van der Waals surface area contributed by atoms with Gasteiger partial charge < -0.3 is 10.6 Å². The first kappa shape index (κ1) is 17.7. The molecule has 0 saturated carbocycles. The fourth-order valence-corrected chi connectivity index (χ4v) is 2.11. The van der Waals surface area contributed by atoms with Gasteiger partial charge >= 0.3 is 0 Å². The number of unbranched alkanes of at least 4 members (excludes halogenated alkanes) is 2. The van der Waals surface area contributed by atoms with E-state index in [1.165, 1.54) is 24.8 Å². The zero-order valence-corrected chi connectivity index (χ0v) is 14.0. The van der Waals surface area contributed by atoms with Crippen molar-refractivity contribution in [2.24, 2.45) is 0 Å². The first-order valence-electron chi connectivity index (χ1n) is 8.04. The zero-order valence-electron chi connectivity index (χ0n) is 14.0. The van der Waals surface area contributed by atoms with E-state index in [1.54, 1.807) is 0 Å². The summed E-state index contributed by atoms with van der Waals surface area (Å²) in [6.07, 6.45) is 5.38. The van der Waals surface area contributed by atoms with Crippen LogP contribution in [0.3, 0.4) is 0 Å². The molecule has 118 valence electrons. The van der Waals surface area contributed by atoms with Gasteiger partial charge in [-0.2, -0.15) is 0 Å². The molecule has 0 bridgehead atoms. The maximum Gasteiger partial charge on any atom is 0.225 e. The lowest BCUT2D eigenvalue weighted by molar-refractivity contribution is -0.116. The molecule has 0 atom stereocenters. The summed E-state index contributed by atoms with van der Waals surface area (Å²) in [4.78, 5) is 11.8. The predicted molar refractivity (Wildman–Crippen MR) is 90.7 cm³/mol. The van der Waals surface area contributed by atoms with Crippen LogP contribution in [0.2, 0.25) is 0 Å². The summed E-state index contributed by atoms with van der Waals surface area (Å²) >= 11 is 0. The summed E-state index contributed by atoms with van der Waals surface area (Å²) in [6, 6.07) is 8.21. The Labute approximate surface area is 129 Å². The molecule has 3 heteroatoms. The van der Waals surface area contributed by atoms with Crippen molar-refractivity contribution in [2.75, 3.05) is 11.9 Å². The molecule has 21 heavy (non-hydrogen) atoms. The second-order valence-corrected chi connectivity index (χ2v) is 6.63. The molecule has 0 unspecified atom stereocenters. The van der Waals surface area contributed by atoms with Gasteiger partial charge in [-0.15, -0.1) is 0 Å². The molecule has 0 saturated heterocycles. The Balaban J connectivity index is 2.32. The van der Waals surface area contributed by atoms with Gasteiger partial charge in [0, 0.05) is 24.2 Å².